The van der Waals surface area contributed by atoms with Crippen molar-refractivity contribution in [2.45, 2.75) is 6.42 Å². The molecule has 1 atom stereocenters. The van der Waals surface area contributed by atoms with Crippen LogP contribution in [0.4, 0.5) is 17.1 Å². The van der Waals surface area contributed by atoms with Crippen molar-refractivity contribution in [2.75, 3.05) is 23.9 Å². The van der Waals surface area contributed by atoms with E-state index in [1.165, 1.54) is 48.4 Å². The second kappa shape index (κ2) is 7.87. The van der Waals surface area contributed by atoms with Crippen LogP contribution < -0.4 is 10.2 Å². The summed E-state index contributed by atoms with van der Waals surface area (Å²) in [6, 6.07) is 11.8. The Bertz CT molecular complexity index is 924. The molecule has 2 aromatic rings. The van der Waals surface area contributed by atoms with E-state index in [1.807, 2.05) is 0 Å². The van der Waals surface area contributed by atoms with Gasteiger partial charge < -0.3 is 15.0 Å². The maximum atomic E-state index is 12.5. The number of benzene rings is 2. The summed E-state index contributed by atoms with van der Waals surface area (Å²) < 4.78 is 4.62. The first kappa shape index (κ1) is 19.0. The number of hydrogen-bond donors (Lipinski definition) is 1. The number of ether oxygens (including phenoxy) is 1. The molecule has 0 saturated carbocycles. The largest absolute Gasteiger partial charge is 0.465 e. The summed E-state index contributed by atoms with van der Waals surface area (Å²) in [6.07, 6.45) is 0.0447. The van der Waals surface area contributed by atoms with Crippen LogP contribution in [0.5, 0.6) is 0 Å². The summed E-state index contributed by atoms with van der Waals surface area (Å²) in [5, 5.41) is 13.5. The van der Waals surface area contributed by atoms with Gasteiger partial charge in [0.15, 0.2) is 0 Å². The van der Waals surface area contributed by atoms with Crippen LogP contribution in [-0.4, -0.2) is 36.4 Å². The van der Waals surface area contributed by atoms with Gasteiger partial charge >= 0.3 is 5.97 Å². The van der Waals surface area contributed by atoms with Crippen molar-refractivity contribution in [1.82, 2.24) is 0 Å². The van der Waals surface area contributed by atoms with Crippen LogP contribution in [-0.2, 0) is 14.3 Å². The summed E-state index contributed by atoms with van der Waals surface area (Å²) in [6.45, 7) is 0.183. The number of nitro benzene ring substituents is 1. The highest BCUT2D eigenvalue weighted by Gasteiger charge is 2.35. The van der Waals surface area contributed by atoms with Gasteiger partial charge in [-0.1, -0.05) is 0 Å². The molecule has 2 aromatic carbocycles. The van der Waals surface area contributed by atoms with Gasteiger partial charge in [0.1, 0.15) is 0 Å². The van der Waals surface area contributed by atoms with E-state index in [0.717, 1.165) is 0 Å². The Labute approximate surface area is 160 Å². The van der Waals surface area contributed by atoms with E-state index in [1.54, 1.807) is 12.1 Å². The second-order valence-corrected chi connectivity index (χ2v) is 6.24. The lowest BCUT2D eigenvalue weighted by Gasteiger charge is -2.16. The highest BCUT2D eigenvalue weighted by molar-refractivity contribution is 6.03. The lowest BCUT2D eigenvalue weighted by molar-refractivity contribution is -0.384. The van der Waals surface area contributed by atoms with Crippen molar-refractivity contribution in [3.05, 3.63) is 64.2 Å². The number of nitrogens with zero attached hydrogens (tertiary/aromatic N) is 2. The lowest BCUT2D eigenvalue weighted by Crippen LogP contribution is -2.28. The third-order valence-electron chi connectivity index (χ3n) is 4.44. The smallest absolute Gasteiger partial charge is 0.337 e. The molecule has 0 unspecified atom stereocenters. The molecule has 0 radical (unpaired) electrons. The van der Waals surface area contributed by atoms with Gasteiger partial charge in [-0.05, 0) is 36.4 Å². The fourth-order valence-electron chi connectivity index (χ4n) is 2.94. The van der Waals surface area contributed by atoms with Gasteiger partial charge in [-0.25, -0.2) is 4.79 Å². The third kappa shape index (κ3) is 3.98. The zero-order valence-electron chi connectivity index (χ0n) is 15.0. The van der Waals surface area contributed by atoms with Crippen molar-refractivity contribution in [3.63, 3.8) is 0 Å². The highest BCUT2D eigenvalue weighted by atomic mass is 16.6. The number of carbonyl (C=O) groups excluding carboxylic acids is 3. The molecular weight excluding hydrogens is 366 g/mol. The molecule has 0 spiro atoms. The average molecular weight is 383 g/mol. The molecule has 2 amide bonds. The average Bonchev–Trinajstić information content (AvgIpc) is 3.10. The predicted molar refractivity (Wildman–Crippen MR) is 100.0 cm³/mol. The second-order valence-electron chi connectivity index (χ2n) is 6.24. The molecule has 9 nitrogen and oxygen atoms in total. The quantitative estimate of drug-likeness (QED) is 0.481. The van der Waals surface area contributed by atoms with E-state index < -0.39 is 16.8 Å². The minimum Gasteiger partial charge on any atom is -0.465 e. The molecule has 0 aromatic heterocycles. The zero-order chi connectivity index (χ0) is 20.3. The molecule has 9 heteroatoms. The monoisotopic (exact) mass is 383 g/mol. The van der Waals surface area contributed by atoms with Gasteiger partial charge in [-0.2, -0.15) is 0 Å². The molecule has 1 heterocycles. The Morgan fingerprint density at radius 2 is 1.79 bits per heavy atom. The third-order valence-corrected chi connectivity index (χ3v) is 4.44. The van der Waals surface area contributed by atoms with Crippen molar-refractivity contribution in [1.29, 1.82) is 0 Å². The molecular formula is C19H17N3O6. The number of nitro groups is 1. The molecule has 1 N–H and O–H groups in total. The first-order valence-electron chi connectivity index (χ1n) is 8.43. The van der Waals surface area contributed by atoms with E-state index in [0.29, 0.717) is 16.9 Å². The van der Waals surface area contributed by atoms with E-state index >= 15 is 0 Å². The maximum Gasteiger partial charge on any atom is 0.337 e. The number of nitrogens with one attached hydrogen (secondary N) is 1. The summed E-state index contributed by atoms with van der Waals surface area (Å²) in [7, 11) is 1.28. The lowest BCUT2D eigenvalue weighted by atomic mass is 10.1. The molecule has 1 fully saturated rings. The van der Waals surface area contributed by atoms with E-state index in [-0.39, 0.29) is 30.5 Å². The van der Waals surface area contributed by atoms with Crippen molar-refractivity contribution < 1.29 is 24.0 Å². The number of amides is 2. The van der Waals surface area contributed by atoms with Crippen LogP contribution in [0.3, 0.4) is 0 Å². The van der Waals surface area contributed by atoms with E-state index in [2.05, 4.69) is 10.1 Å². The number of carbonyl (C=O) groups is 3. The minimum absolute atomic E-state index is 0.0447. The number of esters is 1. The Balaban J connectivity index is 1.65. The molecule has 1 aliphatic rings. The van der Waals surface area contributed by atoms with Gasteiger partial charge in [0.05, 0.1) is 23.5 Å². The van der Waals surface area contributed by atoms with Crippen LogP contribution in [0, 0.1) is 16.0 Å². The first-order valence-corrected chi connectivity index (χ1v) is 8.43. The topological polar surface area (TPSA) is 119 Å². The van der Waals surface area contributed by atoms with Gasteiger partial charge in [0.2, 0.25) is 11.8 Å². The number of non-ortho nitro benzene ring substituents is 1. The van der Waals surface area contributed by atoms with E-state index in [4.69, 9.17) is 0 Å². The Morgan fingerprint density at radius 1 is 1.14 bits per heavy atom. The van der Waals surface area contributed by atoms with E-state index in [9.17, 15) is 24.5 Å². The SMILES string of the molecule is COC(=O)c1ccc(NC(=O)[C@H]2CC(=O)N(c3ccc([N+](=O)[O-])cc3)C2)cc1. The van der Waals surface area contributed by atoms with Crippen molar-refractivity contribution in [2.24, 2.45) is 5.92 Å². The summed E-state index contributed by atoms with van der Waals surface area (Å²) in [5.41, 5.74) is 1.30. The number of hydrogen-bond acceptors (Lipinski definition) is 6. The Kier molecular flexibility index (Phi) is 5.35. The van der Waals surface area contributed by atoms with Gasteiger partial charge in [0, 0.05) is 36.5 Å². The summed E-state index contributed by atoms with van der Waals surface area (Å²) in [4.78, 5) is 47.8. The fourth-order valence-corrected chi connectivity index (χ4v) is 2.94. The molecule has 1 aliphatic heterocycles. The van der Waals surface area contributed by atoms with Crippen LogP contribution in [0.2, 0.25) is 0 Å². The summed E-state index contributed by atoms with van der Waals surface area (Å²) in [5.74, 6) is -1.57. The Morgan fingerprint density at radius 3 is 2.36 bits per heavy atom. The van der Waals surface area contributed by atoms with Crippen LogP contribution >= 0.6 is 0 Å². The normalized spacial score (nSPS) is 16.0. The Hall–Kier alpha value is -3.75. The summed E-state index contributed by atoms with van der Waals surface area (Å²) >= 11 is 0. The minimum atomic E-state index is -0.553. The molecule has 144 valence electrons. The first-order chi connectivity index (χ1) is 13.4. The molecule has 0 aliphatic carbocycles. The molecule has 1 saturated heterocycles. The van der Waals surface area contributed by atoms with Gasteiger partial charge in [-0.15, -0.1) is 0 Å². The van der Waals surface area contributed by atoms with Gasteiger partial charge in [0.25, 0.3) is 5.69 Å². The predicted octanol–water partition coefficient (Wildman–Crippen LogP) is 2.37. The van der Waals surface area contributed by atoms with Gasteiger partial charge in [-0.3, -0.25) is 19.7 Å². The molecule has 28 heavy (non-hydrogen) atoms. The zero-order valence-corrected chi connectivity index (χ0v) is 15.0. The molecule has 3 rings (SSSR count). The highest BCUT2D eigenvalue weighted by Crippen LogP contribution is 2.27. The number of anilines is 2. The fraction of sp³-hybridized carbons (Fsp3) is 0.211. The van der Waals surface area contributed by atoms with Crippen LogP contribution in [0.1, 0.15) is 16.8 Å². The standard InChI is InChI=1S/C19H17N3O6/c1-28-19(25)12-2-4-14(5-3-12)20-18(24)13-10-17(23)21(11-13)15-6-8-16(9-7-15)22(26)27/h2-9,13H,10-11H2,1H3,(H,20,24)/t13-/m0/s1. The number of methoxy groups -OCH3 is 1. The van der Waals surface area contributed by atoms with Crippen LogP contribution in [0.25, 0.3) is 0 Å². The molecule has 0 bridgehead atoms. The van der Waals surface area contributed by atoms with Crippen molar-refractivity contribution in [3.8, 4) is 0 Å². The maximum absolute atomic E-state index is 12.5. The van der Waals surface area contributed by atoms with Crippen molar-refractivity contribution >= 4 is 34.8 Å². The van der Waals surface area contributed by atoms with Crippen LogP contribution in [0.15, 0.2) is 48.5 Å². The number of rotatable bonds is 5.